The number of carbonyl (C=O) groups excluding carboxylic acids is 1. The van der Waals surface area contributed by atoms with Gasteiger partial charge in [-0.25, -0.2) is 8.42 Å². The number of aryl methyl sites for hydroxylation is 3. The average molecular weight is 485 g/mol. The molecule has 0 aliphatic heterocycles. The largest absolute Gasteiger partial charge is 0.350 e. The number of halogens is 1. The van der Waals surface area contributed by atoms with Gasteiger partial charge in [-0.1, -0.05) is 61.8 Å². The zero-order valence-electron chi connectivity index (χ0n) is 19.1. The van der Waals surface area contributed by atoms with Crippen LogP contribution in [0.2, 0.25) is 5.02 Å². The van der Waals surface area contributed by atoms with Crippen molar-refractivity contribution in [3.63, 3.8) is 0 Å². The molecule has 3 rings (SSSR count). The molecule has 174 valence electrons. The normalized spacial score (nSPS) is 11.3. The summed E-state index contributed by atoms with van der Waals surface area (Å²) in [5.74, 6) is -0.375. The lowest BCUT2D eigenvalue weighted by Gasteiger charge is -2.25. The smallest absolute Gasteiger partial charge is 0.264 e. The van der Waals surface area contributed by atoms with Gasteiger partial charge in [0, 0.05) is 11.6 Å². The van der Waals surface area contributed by atoms with E-state index in [-0.39, 0.29) is 17.3 Å². The van der Waals surface area contributed by atoms with Gasteiger partial charge in [0.2, 0.25) is 5.91 Å². The highest BCUT2D eigenvalue weighted by atomic mass is 35.5. The predicted octanol–water partition coefficient (Wildman–Crippen LogP) is 5.28. The van der Waals surface area contributed by atoms with E-state index in [0.717, 1.165) is 33.8 Å². The summed E-state index contributed by atoms with van der Waals surface area (Å²) in [4.78, 5) is 13.0. The third kappa shape index (κ3) is 5.95. The fourth-order valence-electron chi connectivity index (χ4n) is 3.67. The van der Waals surface area contributed by atoms with Crippen LogP contribution in [0.25, 0.3) is 0 Å². The monoisotopic (exact) mass is 484 g/mol. The Bertz CT molecular complexity index is 1220. The molecule has 0 aliphatic carbocycles. The lowest BCUT2D eigenvalue weighted by molar-refractivity contribution is -0.119. The van der Waals surface area contributed by atoms with Crippen molar-refractivity contribution < 1.29 is 13.2 Å². The fourth-order valence-corrected chi connectivity index (χ4v) is 5.28. The lowest BCUT2D eigenvalue weighted by atomic mass is 10.0. The van der Waals surface area contributed by atoms with Crippen LogP contribution in [-0.4, -0.2) is 20.9 Å². The summed E-state index contributed by atoms with van der Waals surface area (Å²) < 4.78 is 28.1. The standard InChI is InChI=1S/C26H29ClN2O3S/c1-4-20-10-11-21(5-2)22(16-20)17-28-26(30)18-29(25-9-7-6-8-19(25)3)33(31,32)24-14-12-23(27)13-15-24/h6-16H,4-5,17-18H2,1-3H3,(H,28,30). The molecule has 3 aromatic carbocycles. The van der Waals surface area contributed by atoms with Gasteiger partial charge in [0.15, 0.2) is 0 Å². The van der Waals surface area contributed by atoms with Crippen LogP contribution in [0.4, 0.5) is 5.69 Å². The summed E-state index contributed by atoms with van der Waals surface area (Å²) in [5, 5.41) is 3.35. The first-order chi connectivity index (χ1) is 15.8. The first-order valence-corrected chi connectivity index (χ1v) is 12.8. The fraction of sp³-hybridized carbons (Fsp3) is 0.269. The van der Waals surface area contributed by atoms with Crippen LogP contribution in [0.1, 0.15) is 36.1 Å². The molecule has 0 aliphatic rings. The Morgan fingerprint density at radius 1 is 0.939 bits per heavy atom. The highest BCUT2D eigenvalue weighted by Crippen LogP contribution is 2.27. The van der Waals surface area contributed by atoms with E-state index in [1.165, 1.54) is 29.8 Å². The number of hydrogen-bond donors (Lipinski definition) is 1. The van der Waals surface area contributed by atoms with Gasteiger partial charge in [-0.2, -0.15) is 0 Å². The third-order valence-electron chi connectivity index (χ3n) is 5.61. The molecule has 1 amide bonds. The Morgan fingerprint density at radius 2 is 1.64 bits per heavy atom. The van der Waals surface area contributed by atoms with Crippen molar-refractivity contribution in [2.75, 3.05) is 10.8 Å². The molecule has 0 atom stereocenters. The molecular formula is C26H29ClN2O3S. The van der Waals surface area contributed by atoms with Crippen LogP contribution in [0.15, 0.2) is 71.6 Å². The van der Waals surface area contributed by atoms with Crippen molar-refractivity contribution in [2.45, 2.75) is 45.1 Å². The SMILES string of the molecule is CCc1ccc(CC)c(CNC(=O)CN(c2ccccc2C)S(=O)(=O)c2ccc(Cl)cc2)c1. The van der Waals surface area contributed by atoms with Crippen LogP contribution in [0, 0.1) is 6.92 Å². The second-order valence-electron chi connectivity index (χ2n) is 7.84. The van der Waals surface area contributed by atoms with Crippen molar-refractivity contribution >= 4 is 33.2 Å². The predicted molar refractivity (Wildman–Crippen MR) is 134 cm³/mol. The van der Waals surface area contributed by atoms with E-state index in [1.54, 1.807) is 12.1 Å². The minimum absolute atomic E-state index is 0.0758. The van der Waals surface area contributed by atoms with E-state index < -0.39 is 10.0 Å². The Balaban J connectivity index is 1.87. The summed E-state index contributed by atoms with van der Waals surface area (Å²) in [5.41, 5.74) is 4.63. The van der Waals surface area contributed by atoms with Gasteiger partial charge >= 0.3 is 0 Å². The number of amides is 1. The number of hydrogen-bond acceptors (Lipinski definition) is 3. The number of benzene rings is 3. The number of nitrogens with zero attached hydrogens (tertiary/aromatic N) is 1. The Kier molecular flexibility index (Phi) is 8.16. The molecule has 0 aromatic heterocycles. The van der Waals surface area contributed by atoms with Crippen molar-refractivity contribution in [1.29, 1.82) is 0 Å². The van der Waals surface area contributed by atoms with E-state index in [2.05, 4.69) is 37.4 Å². The molecule has 0 saturated heterocycles. The van der Waals surface area contributed by atoms with Crippen LogP contribution in [0.3, 0.4) is 0 Å². The summed E-state index contributed by atoms with van der Waals surface area (Å²) in [7, 11) is -3.98. The maximum Gasteiger partial charge on any atom is 0.264 e. The average Bonchev–Trinajstić information content (AvgIpc) is 2.81. The molecule has 0 heterocycles. The maximum absolute atomic E-state index is 13.5. The second-order valence-corrected chi connectivity index (χ2v) is 10.1. The zero-order valence-corrected chi connectivity index (χ0v) is 20.7. The van der Waals surface area contributed by atoms with E-state index in [4.69, 9.17) is 11.6 Å². The highest BCUT2D eigenvalue weighted by molar-refractivity contribution is 7.92. The van der Waals surface area contributed by atoms with Crippen LogP contribution >= 0.6 is 11.6 Å². The number of rotatable bonds is 9. The highest BCUT2D eigenvalue weighted by Gasteiger charge is 2.28. The van der Waals surface area contributed by atoms with E-state index >= 15 is 0 Å². The summed E-state index contributed by atoms with van der Waals surface area (Å²) >= 11 is 5.94. The van der Waals surface area contributed by atoms with Gasteiger partial charge in [-0.3, -0.25) is 9.10 Å². The molecule has 1 N–H and O–H groups in total. The van der Waals surface area contributed by atoms with Crippen molar-refractivity contribution in [1.82, 2.24) is 5.32 Å². The van der Waals surface area contributed by atoms with Gasteiger partial charge in [0.1, 0.15) is 6.54 Å². The molecule has 0 unspecified atom stereocenters. The molecule has 0 bridgehead atoms. The van der Waals surface area contributed by atoms with E-state index in [1.807, 2.05) is 19.1 Å². The molecule has 0 fully saturated rings. The van der Waals surface area contributed by atoms with Crippen LogP contribution < -0.4 is 9.62 Å². The summed E-state index contributed by atoms with van der Waals surface area (Å²) in [6, 6.07) is 19.4. The number of sulfonamides is 1. The molecule has 0 spiro atoms. The minimum atomic E-state index is -3.98. The van der Waals surface area contributed by atoms with Gasteiger partial charge in [0.05, 0.1) is 10.6 Å². The molecule has 0 saturated carbocycles. The molecule has 0 radical (unpaired) electrons. The Morgan fingerprint density at radius 3 is 2.27 bits per heavy atom. The molecular weight excluding hydrogens is 456 g/mol. The van der Waals surface area contributed by atoms with Crippen molar-refractivity contribution in [2.24, 2.45) is 0 Å². The number of carbonyl (C=O) groups is 1. The number of anilines is 1. The van der Waals surface area contributed by atoms with Gasteiger partial charge < -0.3 is 5.32 Å². The summed E-state index contributed by atoms with van der Waals surface area (Å²) in [6.45, 7) is 6.00. The quantitative estimate of drug-likeness (QED) is 0.449. The Hall–Kier alpha value is -2.83. The van der Waals surface area contributed by atoms with Crippen molar-refractivity contribution in [3.05, 3.63) is 94.0 Å². The van der Waals surface area contributed by atoms with Gasteiger partial charge in [0.25, 0.3) is 10.0 Å². The van der Waals surface area contributed by atoms with Gasteiger partial charge in [-0.05, 0) is 72.4 Å². The molecule has 33 heavy (non-hydrogen) atoms. The Labute approximate surface area is 201 Å². The van der Waals surface area contributed by atoms with Gasteiger partial charge in [-0.15, -0.1) is 0 Å². The second kappa shape index (κ2) is 10.9. The first kappa shape index (κ1) is 24.8. The van der Waals surface area contributed by atoms with Crippen molar-refractivity contribution in [3.8, 4) is 0 Å². The molecule has 7 heteroatoms. The zero-order chi connectivity index (χ0) is 24.0. The van der Waals surface area contributed by atoms with E-state index in [0.29, 0.717) is 17.3 Å². The summed E-state index contributed by atoms with van der Waals surface area (Å²) in [6.07, 6.45) is 1.76. The number of para-hydroxylation sites is 1. The van der Waals surface area contributed by atoms with E-state index in [9.17, 15) is 13.2 Å². The molecule has 5 nitrogen and oxygen atoms in total. The third-order valence-corrected chi connectivity index (χ3v) is 7.63. The maximum atomic E-state index is 13.5. The minimum Gasteiger partial charge on any atom is -0.350 e. The topological polar surface area (TPSA) is 66.5 Å². The lowest BCUT2D eigenvalue weighted by Crippen LogP contribution is -2.41. The first-order valence-electron chi connectivity index (χ1n) is 11.0. The van der Waals surface area contributed by atoms with Crippen LogP contribution in [-0.2, 0) is 34.2 Å². The van der Waals surface area contributed by atoms with Crippen LogP contribution in [0.5, 0.6) is 0 Å². The number of nitrogens with one attached hydrogen (secondary N) is 1. The molecule has 3 aromatic rings.